The lowest BCUT2D eigenvalue weighted by molar-refractivity contribution is 0.0794. The fraction of sp³-hybridized carbons (Fsp3) is 0.200. The van der Waals surface area contributed by atoms with Crippen LogP contribution >= 0.6 is 11.6 Å². The molecular weight excluding hydrogens is 474 g/mol. The first-order chi connectivity index (χ1) is 16.3. The Morgan fingerprint density at radius 1 is 0.912 bits per heavy atom. The van der Waals surface area contributed by atoms with E-state index >= 15 is 0 Å². The van der Waals surface area contributed by atoms with E-state index in [0.29, 0.717) is 27.5 Å². The molecule has 176 valence electrons. The highest BCUT2D eigenvalue weighted by Crippen LogP contribution is 2.25. The minimum Gasteiger partial charge on any atom is -0.339 e. The predicted molar refractivity (Wildman–Crippen MR) is 133 cm³/mol. The predicted octanol–water partition coefficient (Wildman–Crippen LogP) is 4.65. The third-order valence-electron chi connectivity index (χ3n) is 5.76. The number of carbonyl (C=O) groups excluding carboxylic acids is 2. The fourth-order valence-electron chi connectivity index (χ4n) is 3.79. The summed E-state index contributed by atoms with van der Waals surface area (Å²) in [6, 6.07) is 19.1. The van der Waals surface area contributed by atoms with Gasteiger partial charge in [-0.05, 0) is 73.5 Å². The van der Waals surface area contributed by atoms with Crippen LogP contribution in [0, 0.1) is 0 Å². The smallest absolute Gasteiger partial charge is 0.264 e. The number of carbonyl (C=O) groups is 2. The molecule has 1 aliphatic heterocycles. The first kappa shape index (κ1) is 23.8. The largest absolute Gasteiger partial charge is 0.339 e. The van der Waals surface area contributed by atoms with Crippen molar-refractivity contribution in [3.05, 3.63) is 88.9 Å². The van der Waals surface area contributed by atoms with Gasteiger partial charge in [0.25, 0.3) is 21.8 Å². The Morgan fingerprint density at radius 2 is 1.53 bits per heavy atom. The fourth-order valence-corrected chi connectivity index (χ4v) is 5.11. The van der Waals surface area contributed by atoms with Gasteiger partial charge in [-0.25, -0.2) is 8.42 Å². The molecule has 1 N–H and O–H groups in total. The summed E-state index contributed by atoms with van der Waals surface area (Å²) >= 11 is 5.86. The molecule has 0 atom stereocenters. The van der Waals surface area contributed by atoms with Gasteiger partial charge in [-0.15, -0.1) is 0 Å². The third kappa shape index (κ3) is 4.93. The maximum atomic E-state index is 12.9. The summed E-state index contributed by atoms with van der Waals surface area (Å²) in [6.07, 6.45) is 1.96. The van der Waals surface area contributed by atoms with E-state index in [1.165, 1.54) is 31.3 Å². The summed E-state index contributed by atoms with van der Waals surface area (Å²) < 4.78 is 26.9. The Kier molecular flexibility index (Phi) is 6.90. The number of anilines is 2. The zero-order chi connectivity index (χ0) is 24.3. The molecule has 0 aliphatic carbocycles. The lowest BCUT2D eigenvalue weighted by atomic mass is 10.1. The van der Waals surface area contributed by atoms with Gasteiger partial charge < -0.3 is 10.2 Å². The van der Waals surface area contributed by atoms with Gasteiger partial charge in [0, 0.05) is 30.7 Å². The highest BCUT2D eigenvalue weighted by atomic mass is 35.5. The maximum absolute atomic E-state index is 12.9. The van der Waals surface area contributed by atoms with Crippen molar-refractivity contribution in [3.63, 3.8) is 0 Å². The van der Waals surface area contributed by atoms with Gasteiger partial charge in [-0.1, -0.05) is 23.7 Å². The van der Waals surface area contributed by atoms with Crippen molar-refractivity contribution in [3.8, 4) is 0 Å². The summed E-state index contributed by atoms with van der Waals surface area (Å²) in [5, 5.41) is 3.26. The van der Waals surface area contributed by atoms with E-state index in [1.807, 2.05) is 0 Å². The average Bonchev–Trinajstić information content (AvgIpc) is 3.39. The Morgan fingerprint density at radius 3 is 2.18 bits per heavy atom. The van der Waals surface area contributed by atoms with Crippen LogP contribution in [0.4, 0.5) is 11.4 Å². The molecule has 0 unspecified atom stereocenters. The van der Waals surface area contributed by atoms with Crippen LogP contribution in [0.25, 0.3) is 0 Å². The molecule has 4 rings (SSSR count). The highest BCUT2D eigenvalue weighted by molar-refractivity contribution is 7.92. The Balaban J connectivity index is 1.50. The summed E-state index contributed by atoms with van der Waals surface area (Å²) in [4.78, 5) is 27.6. The monoisotopic (exact) mass is 497 g/mol. The summed E-state index contributed by atoms with van der Waals surface area (Å²) in [5.74, 6) is -0.491. The molecule has 7 nitrogen and oxygen atoms in total. The molecule has 0 aromatic heterocycles. The van der Waals surface area contributed by atoms with Crippen LogP contribution in [0.2, 0.25) is 5.02 Å². The van der Waals surface area contributed by atoms with Crippen molar-refractivity contribution in [2.75, 3.05) is 29.8 Å². The van der Waals surface area contributed by atoms with Crippen LogP contribution in [0.5, 0.6) is 0 Å². The Labute approximate surface area is 204 Å². The second-order valence-electron chi connectivity index (χ2n) is 7.97. The van der Waals surface area contributed by atoms with Gasteiger partial charge in [0.05, 0.1) is 21.8 Å². The van der Waals surface area contributed by atoms with E-state index in [0.717, 1.165) is 30.2 Å². The van der Waals surface area contributed by atoms with Crippen molar-refractivity contribution in [1.82, 2.24) is 4.90 Å². The first-order valence-electron chi connectivity index (χ1n) is 10.8. The van der Waals surface area contributed by atoms with Crippen LogP contribution in [-0.2, 0) is 10.0 Å². The first-order valence-corrected chi connectivity index (χ1v) is 12.6. The second-order valence-corrected chi connectivity index (χ2v) is 10.4. The number of hydrogen-bond donors (Lipinski definition) is 1. The summed E-state index contributed by atoms with van der Waals surface area (Å²) in [6.45, 7) is 1.43. The van der Waals surface area contributed by atoms with E-state index < -0.39 is 15.9 Å². The molecule has 0 bridgehead atoms. The molecule has 3 aromatic rings. The second kappa shape index (κ2) is 9.87. The number of halogens is 1. The maximum Gasteiger partial charge on any atom is 0.264 e. The number of para-hydroxylation sites is 1. The van der Waals surface area contributed by atoms with Crippen LogP contribution in [0.15, 0.2) is 77.7 Å². The quantitative estimate of drug-likeness (QED) is 0.537. The van der Waals surface area contributed by atoms with Gasteiger partial charge in [-0.3, -0.25) is 13.9 Å². The zero-order valence-electron chi connectivity index (χ0n) is 18.6. The highest BCUT2D eigenvalue weighted by Gasteiger charge is 2.23. The molecule has 9 heteroatoms. The van der Waals surface area contributed by atoms with E-state index in [4.69, 9.17) is 11.6 Å². The van der Waals surface area contributed by atoms with Crippen molar-refractivity contribution in [2.45, 2.75) is 17.7 Å². The minimum absolute atomic E-state index is 0.0993. The van der Waals surface area contributed by atoms with Gasteiger partial charge in [0.15, 0.2) is 0 Å². The lowest BCUT2D eigenvalue weighted by Crippen LogP contribution is -2.28. The van der Waals surface area contributed by atoms with Crippen molar-refractivity contribution >= 4 is 44.8 Å². The van der Waals surface area contributed by atoms with E-state index in [9.17, 15) is 18.0 Å². The summed E-state index contributed by atoms with van der Waals surface area (Å²) in [7, 11) is -2.34. The molecule has 1 heterocycles. The minimum atomic E-state index is -3.78. The number of sulfonamides is 1. The molecule has 0 saturated carbocycles. The molecule has 1 fully saturated rings. The molecule has 0 radical (unpaired) electrons. The number of nitrogens with zero attached hydrogens (tertiary/aromatic N) is 2. The van der Waals surface area contributed by atoms with Gasteiger partial charge in [-0.2, -0.15) is 0 Å². The number of hydrogen-bond acceptors (Lipinski definition) is 4. The SMILES string of the molecule is CN(c1ccc(C(=O)Nc2ccccc2C(=O)N2CCCC2)cc1)S(=O)(=O)c1ccc(Cl)cc1. The van der Waals surface area contributed by atoms with Crippen molar-refractivity contribution in [1.29, 1.82) is 0 Å². The van der Waals surface area contributed by atoms with E-state index in [-0.39, 0.29) is 10.8 Å². The molecule has 3 aromatic carbocycles. The number of rotatable bonds is 6. The zero-order valence-corrected chi connectivity index (χ0v) is 20.1. The number of nitrogens with one attached hydrogen (secondary N) is 1. The van der Waals surface area contributed by atoms with Crippen LogP contribution in [0.1, 0.15) is 33.6 Å². The van der Waals surface area contributed by atoms with Crippen molar-refractivity contribution in [2.24, 2.45) is 0 Å². The van der Waals surface area contributed by atoms with Gasteiger partial charge in [0.1, 0.15) is 0 Å². The van der Waals surface area contributed by atoms with Crippen molar-refractivity contribution < 1.29 is 18.0 Å². The molecule has 1 saturated heterocycles. The summed E-state index contributed by atoms with van der Waals surface area (Å²) in [5.41, 5.74) is 1.62. The Bertz CT molecular complexity index is 1300. The molecule has 0 spiro atoms. The standard InChI is InChI=1S/C25H24ClN3O4S/c1-28(34(32,33)21-14-10-19(26)11-15-21)20-12-8-18(9-13-20)24(30)27-23-7-3-2-6-22(23)25(31)29-16-4-5-17-29/h2-3,6-15H,4-5,16-17H2,1H3,(H,27,30). The molecule has 1 aliphatic rings. The number of amides is 2. The van der Waals surface area contributed by atoms with Crippen LogP contribution in [-0.4, -0.2) is 45.3 Å². The van der Waals surface area contributed by atoms with E-state index in [1.54, 1.807) is 53.4 Å². The number of likely N-dealkylation sites (tertiary alicyclic amines) is 1. The van der Waals surface area contributed by atoms with Crippen LogP contribution < -0.4 is 9.62 Å². The molecular formula is C25H24ClN3O4S. The van der Waals surface area contributed by atoms with Gasteiger partial charge in [0.2, 0.25) is 0 Å². The van der Waals surface area contributed by atoms with Crippen LogP contribution in [0.3, 0.4) is 0 Å². The number of benzene rings is 3. The average molecular weight is 498 g/mol. The molecule has 2 amide bonds. The van der Waals surface area contributed by atoms with E-state index in [2.05, 4.69) is 5.32 Å². The van der Waals surface area contributed by atoms with Gasteiger partial charge >= 0.3 is 0 Å². The topological polar surface area (TPSA) is 86.8 Å². The lowest BCUT2D eigenvalue weighted by Gasteiger charge is -2.20. The third-order valence-corrected chi connectivity index (χ3v) is 7.82. The molecule has 34 heavy (non-hydrogen) atoms. The Hall–Kier alpha value is -3.36. The normalized spacial score (nSPS) is 13.5.